The van der Waals surface area contributed by atoms with Gasteiger partial charge in [-0.05, 0) is 30.5 Å². The average Bonchev–Trinajstić information content (AvgIpc) is 2.43. The minimum Gasteiger partial charge on any atom is -0.494 e. The lowest BCUT2D eigenvalue weighted by molar-refractivity contribution is 0.311. The molecule has 2 rings (SSSR count). The van der Waals surface area contributed by atoms with Crippen molar-refractivity contribution < 1.29 is 13.2 Å². The SMILES string of the molecule is Nc1cc(OCCCc2ccccc2)ccc1S(N)(=O)=O. The van der Waals surface area contributed by atoms with Gasteiger partial charge in [-0.3, -0.25) is 0 Å². The summed E-state index contributed by atoms with van der Waals surface area (Å²) >= 11 is 0. The largest absolute Gasteiger partial charge is 0.494 e. The van der Waals surface area contributed by atoms with E-state index in [4.69, 9.17) is 15.6 Å². The molecule has 2 aromatic rings. The first-order valence-corrected chi connectivity index (χ1v) is 8.10. The van der Waals surface area contributed by atoms with E-state index in [9.17, 15) is 8.42 Å². The van der Waals surface area contributed by atoms with Gasteiger partial charge >= 0.3 is 0 Å². The van der Waals surface area contributed by atoms with Gasteiger partial charge in [-0.15, -0.1) is 0 Å². The molecular weight excluding hydrogens is 288 g/mol. The molecule has 0 atom stereocenters. The minimum atomic E-state index is -3.79. The van der Waals surface area contributed by atoms with Crippen molar-refractivity contribution in [2.45, 2.75) is 17.7 Å². The molecule has 0 saturated carbocycles. The van der Waals surface area contributed by atoms with Crippen LogP contribution in [0.15, 0.2) is 53.4 Å². The molecule has 0 aliphatic heterocycles. The Morgan fingerprint density at radius 2 is 1.76 bits per heavy atom. The van der Waals surface area contributed by atoms with Crippen LogP contribution in [0, 0.1) is 0 Å². The molecule has 0 aromatic heterocycles. The third-order valence-electron chi connectivity index (χ3n) is 3.01. The molecule has 0 bridgehead atoms. The van der Waals surface area contributed by atoms with Crippen LogP contribution >= 0.6 is 0 Å². The molecule has 2 aromatic carbocycles. The van der Waals surface area contributed by atoms with Gasteiger partial charge in [0.15, 0.2) is 0 Å². The predicted octanol–water partition coefficient (Wildman–Crippen LogP) is 1.93. The molecule has 0 aliphatic rings. The molecule has 0 spiro atoms. The van der Waals surface area contributed by atoms with Crippen LogP contribution in [0.3, 0.4) is 0 Å². The quantitative estimate of drug-likeness (QED) is 0.629. The van der Waals surface area contributed by atoms with Crippen LogP contribution in [0.5, 0.6) is 5.75 Å². The van der Waals surface area contributed by atoms with Gasteiger partial charge in [-0.1, -0.05) is 30.3 Å². The first-order chi connectivity index (χ1) is 9.97. The molecule has 112 valence electrons. The van der Waals surface area contributed by atoms with E-state index in [0.29, 0.717) is 12.4 Å². The van der Waals surface area contributed by atoms with Gasteiger partial charge in [0, 0.05) is 6.07 Å². The number of benzene rings is 2. The summed E-state index contributed by atoms with van der Waals surface area (Å²) in [5.41, 5.74) is 7.01. The number of nitrogens with two attached hydrogens (primary N) is 2. The highest BCUT2D eigenvalue weighted by atomic mass is 32.2. The summed E-state index contributed by atoms with van der Waals surface area (Å²) in [6.45, 7) is 0.531. The number of anilines is 1. The standard InChI is InChI=1S/C15H18N2O3S/c16-14-11-13(8-9-15(14)21(17,18)19)20-10-4-7-12-5-2-1-3-6-12/h1-3,5-6,8-9,11H,4,7,10,16H2,(H2,17,18,19). The summed E-state index contributed by atoms with van der Waals surface area (Å²) in [7, 11) is -3.79. The number of hydrogen-bond donors (Lipinski definition) is 2. The Kier molecular flexibility index (Phi) is 4.82. The van der Waals surface area contributed by atoms with Crippen molar-refractivity contribution in [3.8, 4) is 5.75 Å². The highest BCUT2D eigenvalue weighted by Gasteiger charge is 2.12. The number of hydrogen-bond acceptors (Lipinski definition) is 4. The van der Waals surface area contributed by atoms with Crippen LogP contribution in [0.1, 0.15) is 12.0 Å². The second-order valence-corrected chi connectivity index (χ2v) is 6.21. The van der Waals surface area contributed by atoms with Crippen molar-refractivity contribution in [1.29, 1.82) is 0 Å². The summed E-state index contributed by atoms with van der Waals surface area (Å²) in [5, 5.41) is 5.05. The monoisotopic (exact) mass is 306 g/mol. The summed E-state index contributed by atoms with van der Waals surface area (Å²) in [4.78, 5) is -0.0841. The van der Waals surface area contributed by atoms with Crippen LogP contribution < -0.4 is 15.6 Å². The molecule has 0 saturated heterocycles. The summed E-state index contributed by atoms with van der Waals surface area (Å²) < 4.78 is 28.0. The smallest absolute Gasteiger partial charge is 0.240 e. The number of primary sulfonamides is 1. The lowest BCUT2D eigenvalue weighted by Gasteiger charge is -2.09. The number of sulfonamides is 1. The zero-order chi connectivity index (χ0) is 15.3. The third kappa shape index (κ3) is 4.47. The van der Waals surface area contributed by atoms with Crippen molar-refractivity contribution in [3.63, 3.8) is 0 Å². The van der Waals surface area contributed by atoms with Crippen LogP contribution in [-0.2, 0) is 16.4 Å². The first kappa shape index (κ1) is 15.3. The number of rotatable bonds is 6. The first-order valence-electron chi connectivity index (χ1n) is 6.56. The van der Waals surface area contributed by atoms with E-state index in [1.54, 1.807) is 6.07 Å². The molecular formula is C15H18N2O3S. The van der Waals surface area contributed by atoms with E-state index in [2.05, 4.69) is 12.1 Å². The van der Waals surface area contributed by atoms with E-state index in [1.807, 2.05) is 18.2 Å². The van der Waals surface area contributed by atoms with E-state index < -0.39 is 10.0 Å². The fourth-order valence-corrected chi connectivity index (χ4v) is 2.63. The highest BCUT2D eigenvalue weighted by Crippen LogP contribution is 2.23. The van der Waals surface area contributed by atoms with Gasteiger partial charge < -0.3 is 10.5 Å². The molecule has 0 aliphatic carbocycles. The number of aryl methyl sites for hydroxylation is 1. The van der Waals surface area contributed by atoms with Gasteiger partial charge in [-0.25, -0.2) is 13.6 Å². The molecule has 0 fully saturated rings. The molecule has 6 heteroatoms. The van der Waals surface area contributed by atoms with Crippen molar-refractivity contribution in [2.24, 2.45) is 5.14 Å². The summed E-state index contributed by atoms with van der Waals surface area (Å²) in [6.07, 6.45) is 1.78. The van der Waals surface area contributed by atoms with Crippen LogP contribution in [0.2, 0.25) is 0 Å². The normalized spacial score (nSPS) is 11.3. The van der Waals surface area contributed by atoms with E-state index in [1.165, 1.54) is 17.7 Å². The van der Waals surface area contributed by atoms with Crippen molar-refractivity contribution >= 4 is 15.7 Å². The van der Waals surface area contributed by atoms with E-state index in [-0.39, 0.29) is 10.6 Å². The maximum Gasteiger partial charge on any atom is 0.240 e. The second kappa shape index (κ2) is 6.60. The predicted molar refractivity (Wildman–Crippen MR) is 82.5 cm³/mol. The van der Waals surface area contributed by atoms with Gasteiger partial charge in [-0.2, -0.15) is 0 Å². The zero-order valence-electron chi connectivity index (χ0n) is 11.5. The van der Waals surface area contributed by atoms with Crippen LogP contribution in [0.4, 0.5) is 5.69 Å². The van der Waals surface area contributed by atoms with E-state index >= 15 is 0 Å². The Morgan fingerprint density at radius 1 is 1.05 bits per heavy atom. The van der Waals surface area contributed by atoms with Gasteiger partial charge in [0.25, 0.3) is 0 Å². The van der Waals surface area contributed by atoms with Crippen molar-refractivity contribution in [3.05, 3.63) is 54.1 Å². The number of ether oxygens (including phenoxy) is 1. The fraction of sp³-hybridized carbons (Fsp3) is 0.200. The Morgan fingerprint density at radius 3 is 2.38 bits per heavy atom. The average molecular weight is 306 g/mol. The van der Waals surface area contributed by atoms with Gasteiger partial charge in [0.1, 0.15) is 10.6 Å². The molecule has 0 amide bonds. The van der Waals surface area contributed by atoms with E-state index in [0.717, 1.165) is 12.8 Å². The topological polar surface area (TPSA) is 95.4 Å². The Hall–Kier alpha value is -2.05. The van der Waals surface area contributed by atoms with Gasteiger partial charge in [0.05, 0.1) is 12.3 Å². The molecule has 0 radical (unpaired) electrons. The maximum absolute atomic E-state index is 11.2. The summed E-state index contributed by atoms with van der Waals surface area (Å²) in [5.74, 6) is 0.535. The minimum absolute atomic E-state index is 0.0841. The van der Waals surface area contributed by atoms with Gasteiger partial charge in [0.2, 0.25) is 10.0 Å². The molecule has 4 N–H and O–H groups in total. The fourth-order valence-electron chi connectivity index (χ4n) is 1.99. The Balaban J connectivity index is 1.88. The lowest BCUT2D eigenvalue weighted by atomic mass is 10.1. The number of nitrogen functional groups attached to an aromatic ring is 1. The maximum atomic E-state index is 11.2. The van der Waals surface area contributed by atoms with Crippen LogP contribution in [-0.4, -0.2) is 15.0 Å². The van der Waals surface area contributed by atoms with Crippen molar-refractivity contribution in [2.75, 3.05) is 12.3 Å². The summed E-state index contributed by atoms with van der Waals surface area (Å²) in [6, 6.07) is 14.5. The molecule has 21 heavy (non-hydrogen) atoms. The zero-order valence-corrected chi connectivity index (χ0v) is 12.3. The van der Waals surface area contributed by atoms with Crippen molar-refractivity contribution in [1.82, 2.24) is 0 Å². The van der Waals surface area contributed by atoms with Crippen LogP contribution in [0.25, 0.3) is 0 Å². The molecule has 0 heterocycles. The lowest BCUT2D eigenvalue weighted by Crippen LogP contribution is -2.14. The molecule has 5 nitrogen and oxygen atoms in total. The Labute approximate surface area is 124 Å². The molecule has 0 unspecified atom stereocenters. The highest BCUT2D eigenvalue weighted by molar-refractivity contribution is 7.89. The second-order valence-electron chi connectivity index (χ2n) is 4.68. The third-order valence-corrected chi connectivity index (χ3v) is 3.99. The Bertz CT molecular complexity index is 700.